The molecule has 4 N–H and O–H groups in total. The minimum Gasteiger partial charge on any atom is -0.457 e. The smallest absolute Gasteiger partial charge is 0.309 e. The summed E-state index contributed by atoms with van der Waals surface area (Å²) in [6, 6.07) is -2.64. The topological polar surface area (TPSA) is 134 Å². The van der Waals surface area contributed by atoms with Crippen molar-refractivity contribution in [2.75, 3.05) is 11.5 Å². The summed E-state index contributed by atoms with van der Waals surface area (Å²) in [5.74, 6) is -1.91. The summed E-state index contributed by atoms with van der Waals surface area (Å²) in [5.41, 5.74) is 0. The molecule has 0 aliphatic carbocycles. The number of thiol groups is 2. The molecule has 1 aliphatic rings. The van der Waals surface area contributed by atoms with Gasteiger partial charge in [-0.2, -0.15) is 25.3 Å². The molecule has 176 valence electrons. The molecule has 5 atom stereocenters. The zero-order valence-electron chi connectivity index (χ0n) is 18.0. The minimum atomic E-state index is -1.22. The predicted octanol–water partition coefficient (Wildman–Crippen LogP) is -0.0109. The van der Waals surface area contributed by atoms with E-state index in [1.54, 1.807) is 26.0 Å². The number of ether oxygens (including phenoxy) is 1. The number of esters is 1. The van der Waals surface area contributed by atoms with Gasteiger partial charge in [-0.25, -0.2) is 0 Å². The monoisotopic (exact) mass is 475 g/mol. The maximum atomic E-state index is 12.6. The normalized spacial score (nSPS) is 29.6. The number of aliphatic hydroxyl groups excluding tert-OH is 1. The number of hydrogen-bond donors (Lipinski definition) is 6. The van der Waals surface area contributed by atoms with Gasteiger partial charge in [-0.1, -0.05) is 19.9 Å². The third kappa shape index (κ3) is 9.53. The van der Waals surface area contributed by atoms with Crippen molar-refractivity contribution in [3.8, 4) is 0 Å². The first-order chi connectivity index (χ1) is 14.6. The standard InChI is InChI=1S/C20H33N3O6S2/c1-11(2)18-15(24)9-17(26)29-13(6-4-5-7-30)8-16(25)21-12(3)19(27)22-14(10-31)20(28)23-18/h4,6,11-15,18,24,30-31H,5,7-10H2,1-3H3,(H,21,25)(H,22,27)(H,23,28)/b6-4+/t12-,13-,14-,15+,18-/m1/s1. The van der Waals surface area contributed by atoms with E-state index in [2.05, 4.69) is 41.2 Å². The van der Waals surface area contributed by atoms with Crippen LogP contribution in [0.1, 0.15) is 40.0 Å². The fourth-order valence-electron chi connectivity index (χ4n) is 3.00. The van der Waals surface area contributed by atoms with Gasteiger partial charge in [0.1, 0.15) is 18.2 Å². The molecule has 1 rings (SSSR count). The van der Waals surface area contributed by atoms with Gasteiger partial charge in [0.05, 0.1) is 25.0 Å². The van der Waals surface area contributed by atoms with E-state index < -0.39 is 54.0 Å². The van der Waals surface area contributed by atoms with Crippen molar-refractivity contribution in [1.29, 1.82) is 0 Å². The summed E-state index contributed by atoms with van der Waals surface area (Å²) in [6.45, 7) is 5.06. The second kappa shape index (κ2) is 13.6. The maximum Gasteiger partial charge on any atom is 0.309 e. The van der Waals surface area contributed by atoms with Crippen molar-refractivity contribution in [3.05, 3.63) is 12.2 Å². The van der Waals surface area contributed by atoms with Gasteiger partial charge in [0, 0.05) is 5.75 Å². The van der Waals surface area contributed by atoms with Crippen LogP contribution in [0.25, 0.3) is 0 Å². The molecule has 1 saturated heterocycles. The first kappa shape index (κ1) is 27.3. The summed E-state index contributed by atoms with van der Waals surface area (Å²) in [4.78, 5) is 49.9. The number of aliphatic hydroxyl groups is 1. The third-order valence-corrected chi connectivity index (χ3v) is 5.34. The number of cyclic esters (lactones) is 1. The van der Waals surface area contributed by atoms with E-state index in [1.165, 1.54) is 6.92 Å². The predicted molar refractivity (Wildman–Crippen MR) is 123 cm³/mol. The summed E-state index contributed by atoms with van der Waals surface area (Å²) in [5, 5.41) is 18.3. The number of nitrogens with one attached hydrogen (secondary N) is 3. The number of rotatable bonds is 5. The van der Waals surface area contributed by atoms with Crippen LogP contribution < -0.4 is 16.0 Å². The van der Waals surface area contributed by atoms with Gasteiger partial charge < -0.3 is 25.8 Å². The Kier molecular flexibility index (Phi) is 12.0. The molecule has 0 unspecified atom stereocenters. The van der Waals surface area contributed by atoms with E-state index in [0.29, 0.717) is 12.2 Å². The van der Waals surface area contributed by atoms with Crippen molar-refractivity contribution in [2.24, 2.45) is 5.92 Å². The number of allylic oxidation sites excluding steroid dienone is 1. The highest BCUT2D eigenvalue weighted by molar-refractivity contribution is 7.80. The Morgan fingerprint density at radius 1 is 1.10 bits per heavy atom. The van der Waals surface area contributed by atoms with Crippen molar-refractivity contribution >= 4 is 48.9 Å². The van der Waals surface area contributed by atoms with Crippen LogP contribution in [0.2, 0.25) is 0 Å². The van der Waals surface area contributed by atoms with Crippen LogP contribution in [0.3, 0.4) is 0 Å². The van der Waals surface area contributed by atoms with Crippen LogP contribution in [0.5, 0.6) is 0 Å². The Morgan fingerprint density at radius 3 is 2.35 bits per heavy atom. The fraction of sp³-hybridized carbons (Fsp3) is 0.700. The zero-order chi connectivity index (χ0) is 23.6. The molecule has 9 nitrogen and oxygen atoms in total. The van der Waals surface area contributed by atoms with Crippen LogP contribution in [-0.2, 0) is 23.9 Å². The quantitative estimate of drug-likeness (QED) is 0.188. The summed E-state index contributed by atoms with van der Waals surface area (Å²) >= 11 is 8.23. The molecule has 31 heavy (non-hydrogen) atoms. The molecule has 0 spiro atoms. The fourth-order valence-corrected chi connectivity index (χ4v) is 3.40. The average molecular weight is 476 g/mol. The van der Waals surface area contributed by atoms with Crippen molar-refractivity contribution in [3.63, 3.8) is 0 Å². The first-order valence-corrected chi connectivity index (χ1v) is 11.5. The molecule has 0 aromatic rings. The molecule has 0 aromatic heterocycles. The number of carbonyl (C=O) groups excluding carboxylic acids is 4. The second-order valence-electron chi connectivity index (χ2n) is 7.76. The maximum absolute atomic E-state index is 12.6. The molecule has 0 bridgehead atoms. The molecule has 1 heterocycles. The number of carbonyl (C=O) groups is 4. The van der Waals surface area contributed by atoms with E-state index >= 15 is 0 Å². The van der Waals surface area contributed by atoms with Gasteiger partial charge in [0.25, 0.3) is 0 Å². The van der Waals surface area contributed by atoms with Crippen LogP contribution >= 0.6 is 25.3 Å². The second-order valence-corrected chi connectivity index (χ2v) is 8.57. The summed E-state index contributed by atoms with van der Waals surface area (Å²) in [7, 11) is 0. The lowest BCUT2D eigenvalue weighted by atomic mass is 9.96. The van der Waals surface area contributed by atoms with E-state index in [9.17, 15) is 24.3 Å². The molecule has 11 heteroatoms. The highest BCUT2D eigenvalue weighted by Gasteiger charge is 2.32. The van der Waals surface area contributed by atoms with Crippen LogP contribution in [-0.4, -0.2) is 70.6 Å². The Labute approximate surface area is 193 Å². The average Bonchev–Trinajstić information content (AvgIpc) is 2.68. The minimum absolute atomic E-state index is 0.0131. The lowest BCUT2D eigenvalue weighted by Crippen LogP contribution is -2.57. The third-order valence-electron chi connectivity index (χ3n) is 4.72. The SMILES string of the molecule is CC(C)[C@H]1NC(=O)[C@@H](CS)NC(=O)[C@@H](C)NC(=O)C[C@@H](/C=C/CCS)OC(=O)C[C@@H]1O. The van der Waals surface area contributed by atoms with Gasteiger partial charge in [0.15, 0.2) is 0 Å². The van der Waals surface area contributed by atoms with E-state index in [-0.39, 0.29) is 24.5 Å². The zero-order valence-corrected chi connectivity index (χ0v) is 19.8. The number of amides is 3. The lowest BCUT2D eigenvalue weighted by Gasteiger charge is -2.29. The van der Waals surface area contributed by atoms with Gasteiger partial charge in [-0.15, -0.1) is 0 Å². The highest BCUT2D eigenvalue weighted by atomic mass is 32.1. The summed E-state index contributed by atoms with van der Waals surface area (Å²) in [6.07, 6.45) is 1.31. The summed E-state index contributed by atoms with van der Waals surface area (Å²) < 4.78 is 5.38. The van der Waals surface area contributed by atoms with Gasteiger partial charge in [-0.3, -0.25) is 19.2 Å². The van der Waals surface area contributed by atoms with Crippen molar-refractivity contribution in [1.82, 2.24) is 16.0 Å². The Balaban J connectivity index is 3.17. The molecule has 0 radical (unpaired) electrons. The van der Waals surface area contributed by atoms with Crippen molar-refractivity contribution in [2.45, 2.75) is 70.4 Å². The van der Waals surface area contributed by atoms with E-state index in [4.69, 9.17) is 4.74 Å². The lowest BCUT2D eigenvalue weighted by molar-refractivity contribution is -0.151. The Morgan fingerprint density at radius 2 is 1.77 bits per heavy atom. The molecule has 0 aromatic carbocycles. The molecule has 0 saturated carbocycles. The first-order valence-electron chi connectivity index (χ1n) is 10.2. The molecule has 3 amide bonds. The highest BCUT2D eigenvalue weighted by Crippen LogP contribution is 2.13. The van der Waals surface area contributed by atoms with E-state index in [1.807, 2.05) is 0 Å². The van der Waals surface area contributed by atoms with Crippen molar-refractivity contribution < 1.29 is 29.0 Å². The molecule has 1 aliphatic heterocycles. The molecular formula is C20H33N3O6S2. The largest absolute Gasteiger partial charge is 0.457 e. The van der Waals surface area contributed by atoms with Crippen LogP contribution in [0, 0.1) is 5.92 Å². The molecular weight excluding hydrogens is 442 g/mol. The van der Waals surface area contributed by atoms with Gasteiger partial charge in [-0.05, 0) is 31.1 Å². The van der Waals surface area contributed by atoms with Crippen LogP contribution in [0.15, 0.2) is 12.2 Å². The van der Waals surface area contributed by atoms with Gasteiger partial charge >= 0.3 is 5.97 Å². The number of hydrogen-bond acceptors (Lipinski definition) is 8. The van der Waals surface area contributed by atoms with Crippen LogP contribution in [0.4, 0.5) is 0 Å². The van der Waals surface area contributed by atoms with E-state index in [0.717, 1.165) is 0 Å². The molecule has 1 fully saturated rings. The van der Waals surface area contributed by atoms with Gasteiger partial charge in [0.2, 0.25) is 17.7 Å². The Hall–Kier alpha value is -1.72. The Bertz CT molecular complexity index is 673.